The number of hydrogen-bond acceptors (Lipinski definition) is 5. The molecule has 29 heavy (non-hydrogen) atoms. The lowest BCUT2D eigenvalue weighted by atomic mass is 10.2. The van der Waals surface area contributed by atoms with Gasteiger partial charge in [0.25, 0.3) is 0 Å². The number of aromatic nitrogens is 1. The van der Waals surface area contributed by atoms with Crippen LogP contribution in [0.25, 0.3) is 0 Å². The summed E-state index contributed by atoms with van der Waals surface area (Å²) in [6.45, 7) is 8.40. The summed E-state index contributed by atoms with van der Waals surface area (Å²) in [4.78, 5) is 14.6. The molecule has 8 heteroatoms. The fraction of sp³-hybridized carbons (Fsp3) is 0.524. The monoisotopic (exact) mass is 418 g/mol. The topological polar surface area (TPSA) is 55.8 Å². The van der Waals surface area contributed by atoms with Crippen LogP contribution < -0.4 is 15.5 Å². The van der Waals surface area contributed by atoms with Crippen molar-refractivity contribution in [2.75, 3.05) is 51.2 Å². The molecule has 0 bridgehead atoms. The quantitative estimate of drug-likeness (QED) is 0.392. The maximum Gasteiger partial charge on any atom is 0.191 e. The molecule has 158 valence electrons. The summed E-state index contributed by atoms with van der Waals surface area (Å²) in [5, 5.41) is 7.77. The highest BCUT2D eigenvalue weighted by Crippen LogP contribution is 2.20. The van der Waals surface area contributed by atoms with Gasteiger partial charge in [0.1, 0.15) is 10.8 Å². The molecule has 0 spiro atoms. The van der Waals surface area contributed by atoms with Crippen LogP contribution in [0.1, 0.15) is 23.2 Å². The van der Waals surface area contributed by atoms with E-state index in [2.05, 4.69) is 37.3 Å². The zero-order chi connectivity index (χ0) is 20.5. The lowest BCUT2D eigenvalue weighted by Crippen LogP contribution is -2.47. The van der Waals surface area contributed by atoms with Gasteiger partial charge in [-0.2, -0.15) is 0 Å². The van der Waals surface area contributed by atoms with Gasteiger partial charge in [-0.1, -0.05) is 19.1 Å². The largest absolute Gasteiger partial charge is 0.367 e. The van der Waals surface area contributed by atoms with Crippen molar-refractivity contribution in [1.82, 2.24) is 20.5 Å². The molecule has 2 N–H and O–H groups in total. The molecule has 3 rings (SSSR count). The van der Waals surface area contributed by atoms with E-state index in [-0.39, 0.29) is 5.82 Å². The molecule has 2 aromatic rings. The van der Waals surface area contributed by atoms with Crippen molar-refractivity contribution in [1.29, 1.82) is 0 Å². The molecule has 6 nitrogen and oxygen atoms in total. The molecule has 1 aromatic carbocycles. The molecule has 1 aliphatic rings. The van der Waals surface area contributed by atoms with E-state index >= 15 is 0 Å². The molecule has 0 aliphatic carbocycles. The second-order valence-electron chi connectivity index (χ2n) is 7.06. The van der Waals surface area contributed by atoms with Crippen LogP contribution in [0.4, 0.5) is 10.1 Å². The van der Waals surface area contributed by atoms with Gasteiger partial charge in [0.05, 0.1) is 12.2 Å². The van der Waals surface area contributed by atoms with Crippen molar-refractivity contribution < 1.29 is 4.39 Å². The predicted octanol–water partition coefficient (Wildman–Crippen LogP) is 2.72. The van der Waals surface area contributed by atoms with Gasteiger partial charge in [0.2, 0.25) is 0 Å². The van der Waals surface area contributed by atoms with Crippen LogP contribution in [-0.2, 0) is 13.0 Å². The number of hydrogen-bond donors (Lipinski definition) is 2. The highest BCUT2D eigenvalue weighted by molar-refractivity contribution is 7.11. The van der Waals surface area contributed by atoms with E-state index in [1.165, 1.54) is 10.9 Å². The Labute approximate surface area is 176 Å². The third-order valence-electron chi connectivity index (χ3n) is 5.09. The Hall–Kier alpha value is -2.19. The first kappa shape index (κ1) is 21.5. The van der Waals surface area contributed by atoms with E-state index in [0.717, 1.165) is 68.8 Å². The van der Waals surface area contributed by atoms with Crippen molar-refractivity contribution in [3.63, 3.8) is 0 Å². The number of anilines is 1. The Morgan fingerprint density at radius 3 is 2.69 bits per heavy atom. The predicted molar refractivity (Wildman–Crippen MR) is 119 cm³/mol. The second-order valence-corrected chi connectivity index (χ2v) is 8.26. The maximum atomic E-state index is 13.9. The summed E-state index contributed by atoms with van der Waals surface area (Å²) in [5.74, 6) is 0.676. The maximum absolute atomic E-state index is 13.9. The number of piperazine rings is 1. The summed E-state index contributed by atoms with van der Waals surface area (Å²) in [6.07, 6.45) is 4.01. The SMILES string of the molecule is CCc1cnc(CNC(=NC)NCCCN2CCN(c3ccccc3F)CC2)s1. The Morgan fingerprint density at radius 2 is 2.00 bits per heavy atom. The van der Waals surface area contributed by atoms with E-state index in [4.69, 9.17) is 0 Å². The minimum Gasteiger partial charge on any atom is -0.367 e. The van der Waals surface area contributed by atoms with Crippen molar-refractivity contribution in [3.05, 3.63) is 46.2 Å². The lowest BCUT2D eigenvalue weighted by molar-refractivity contribution is 0.254. The summed E-state index contributed by atoms with van der Waals surface area (Å²) < 4.78 is 13.9. The number of aliphatic imine (C=N–C) groups is 1. The van der Waals surface area contributed by atoms with E-state index in [1.54, 1.807) is 24.5 Å². The molecule has 0 amide bonds. The Balaban J connectivity index is 1.31. The summed E-state index contributed by atoms with van der Waals surface area (Å²) in [6, 6.07) is 7.03. The molecule has 2 heterocycles. The standard InChI is InChI=1S/C21H31FN6S/c1-3-17-15-25-20(29-17)16-26-21(23-2)24-9-6-10-27-11-13-28(14-12-27)19-8-5-4-7-18(19)22/h4-5,7-8,15H,3,6,9-14,16H2,1-2H3,(H2,23,24,26). The van der Waals surface area contributed by atoms with Crippen LogP contribution in [-0.4, -0.2) is 62.2 Å². The Morgan fingerprint density at radius 1 is 1.21 bits per heavy atom. The van der Waals surface area contributed by atoms with Gasteiger partial charge < -0.3 is 15.5 Å². The number of nitrogens with zero attached hydrogens (tertiary/aromatic N) is 4. The molecule has 0 unspecified atom stereocenters. The summed E-state index contributed by atoms with van der Waals surface area (Å²) in [5.41, 5.74) is 0.718. The fourth-order valence-corrected chi connectivity index (χ4v) is 4.21. The smallest absolute Gasteiger partial charge is 0.191 e. The highest BCUT2D eigenvalue weighted by atomic mass is 32.1. The van der Waals surface area contributed by atoms with E-state index in [0.29, 0.717) is 6.54 Å². The van der Waals surface area contributed by atoms with Gasteiger partial charge in [-0.05, 0) is 31.5 Å². The number of thiazole rings is 1. The van der Waals surface area contributed by atoms with Gasteiger partial charge in [0.15, 0.2) is 5.96 Å². The number of halogens is 1. The third-order valence-corrected chi connectivity index (χ3v) is 6.23. The van der Waals surface area contributed by atoms with Crippen LogP contribution in [0.3, 0.4) is 0 Å². The van der Waals surface area contributed by atoms with Gasteiger partial charge in [0, 0.05) is 50.8 Å². The van der Waals surface area contributed by atoms with E-state index < -0.39 is 0 Å². The van der Waals surface area contributed by atoms with Crippen molar-refractivity contribution >= 4 is 23.0 Å². The van der Waals surface area contributed by atoms with Gasteiger partial charge in [-0.25, -0.2) is 9.37 Å². The summed E-state index contributed by atoms with van der Waals surface area (Å²) in [7, 11) is 1.79. The molecule has 0 saturated carbocycles. The average Bonchev–Trinajstić information content (AvgIpc) is 3.22. The molecular weight excluding hydrogens is 387 g/mol. The van der Waals surface area contributed by atoms with E-state index in [1.807, 2.05) is 18.3 Å². The number of benzene rings is 1. The minimum absolute atomic E-state index is 0.132. The number of para-hydroxylation sites is 1. The first-order chi connectivity index (χ1) is 14.2. The second kappa shape index (κ2) is 11.1. The van der Waals surface area contributed by atoms with Gasteiger partial charge in [-0.3, -0.25) is 9.89 Å². The molecular formula is C21H31FN6S. The first-order valence-electron chi connectivity index (χ1n) is 10.3. The number of guanidine groups is 1. The zero-order valence-electron chi connectivity index (χ0n) is 17.3. The van der Waals surface area contributed by atoms with Gasteiger partial charge >= 0.3 is 0 Å². The highest BCUT2D eigenvalue weighted by Gasteiger charge is 2.18. The van der Waals surface area contributed by atoms with Crippen molar-refractivity contribution in [2.45, 2.75) is 26.3 Å². The summed E-state index contributed by atoms with van der Waals surface area (Å²) >= 11 is 1.74. The van der Waals surface area contributed by atoms with Crippen molar-refractivity contribution in [2.24, 2.45) is 4.99 Å². The molecule has 1 fully saturated rings. The van der Waals surface area contributed by atoms with Gasteiger partial charge in [-0.15, -0.1) is 11.3 Å². The molecule has 1 saturated heterocycles. The molecule has 1 aliphatic heterocycles. The Kier molecular flexibility index (Phi) is 8.25. The van der Waals surface area contributed by atoms with Crippen LogP contribution in [0.5, 0.6) is 0 Å². The minimum atomic E-state index is -0.132. The average molecular weight is 419 g/mol. The fourth-order valence-electron chi connectivity index (χ4n) is 3.40. The first-order valence-corrected chi connectivity index (χ1v) is 11.1. The van der Waals surface area contributed by atoms with Crippen LogP contribution in [0.2, 0.25) is 0 Å². The van der Waals surface area contributed by atoms with Crippen molar-refractivity contribution in [3.8, 4) is 0 Å². The lowest BCUT2D eigenvalue weighted by Gasteiger charge is -2.36. The van der Waals surface area contributed by atoms with Crippen LogP contribution in [0, 0.1) is 5.82 Å². The number of nitrogens with one attached hydrogen (secondary N) is 2. The number of aryl methyl sites for hydroxylation is 1. The third kappa shape index (κ3) is 6.40. The molecule has 1 aromatic heterocycles. The number of rotatable bonds is 8. The zero-order valence-corrected chi connectivity index (χ0v) is 18.1. The molecule has 0 atom stereocenters. The Bertz CT molecular complexity index is 785. The van der Waals surface area contributed by atoms with Crippen LogP contribution >= 0.6 is 11.3 Å². The van der Waals surface area contributed by atoms with E-state index in [9.17, 15) is 4.39 Å². The normalized spacial score (nSPS) is 15.6. The van der Waals surface area contributed by atoms with Crippen LogP contribution in [0.15, 0.2) is 35.5 Å². The molecule has 0 radical (unpaired) electrons.